The summed E-state index contributed by atoms with van der Waals surface area (Å²) in [5, 5.41) is 0.766. The molecule has 1 fully saturated rings. The van der Waals surface area contributed by atoms with Crippen molar-refractivity contribution in [2.24, 2.45) is 0 Å². The van der Waals surface area contributed by atoms with Gasteiger partial charge in [0.15, 0.2) is 0 Å². The first-order chi connectivity index (χ1) is 13.1. The second-order valence-electron chi connectivity index (χ2n) is 6.95. The molecule has 0 bridgehead atoms. The summed E-state index contributed by atoms with van der Waals surface area (Å²) in [4.78, 5) is 21.8. The molecule has 2 aromatic carbocycles. The molecule has 5 nitrogen and oxygen atoms in total. The second kappa shape index (κ2) is 7.71. The van der Waals surface area contributed by atoms with Crippen LogP contribution in [-0.4, -0.2) is 47.2 Å². The first-order valence-corrected chi connectivity index (χ1v) is 9.69. The van der Waals surface area contributed by atoms with E-state index in [0.717, 1.165) is 48.8 Å². The predicted molar refractivity (Wildman–Crippen MR) is 111 cm³/mol. The number of piperazine rings is 1. The average molecular weight is 383 g/mol. The first-order valence-electron chi connectivity index (χ1n) is 9.31. The van der Waals surface area contributed by atoms with Crippen LogP contribution in [0.2, 0.25) is 5.02 Å². The quantitative estimate of drug-likeness (QED) is 0.695. The summed E-state index contributed by atoms with van der Waals surface area (Å²) in [5.74, 6) is 0. The fraction of sp³-hybridized carbons (Fsp3) is 0.333. The minimum absolute atomic E-state index is 0.00787. The van der Waals surface area contributed by atoms with E-state index in [0.29, 0.717) is 12.2 Å². The van der Waals surface area contributed by atoms with Gasteiger partial charge in [0.05, 0.1) is 11.0 Å². The van der Waals surface area contributed by atoms with Crippen LogP contribution in [0.3, 0.4) is 0 Å². The van der Waals surface area contributed by atoms with Gasteiger partial charge in [0.1, 0.15) is 5.69 Å². The van der Waals surface area contributed by atoms with E-state index in [-0.39, 0.29) is 5.56 Å². The Hall–Kier alpha value is -2.37. The van der Waals surface area contributed by atoms with E-state index in [1.54, 1.807) is 6.92 Å². The molecule has 140 valence electrons. The lowest BCUT2D eigenvalue weighted by Gasteiger charge is -2.36. The Morgan fingerprint density at radius 3 is 2.41 bits per heavy atom. The Morgan fingerprint density at radius 2 is 1.67 bits per heavy atom. The zero-order valence-corrected chi connectivity index (χ0v) is 16.2. The number of rotatable bonds is 4. The van der Waals surface area contributed by atoms with Crippen LogP contribution in [0, 0.1) is 6.92 Å². The van der Waals surface area contributed by atoms with E-state index in [4.69, 9.17) is 11.6 Å². The molecule has 6 heteroatoms. The molecule has 1 saturated heterocycles. The SMILES string of the molecule is Cc1nc2ccccc2n(CCN2CCN(c3ccc(Cl)cc3)CC2)c1=O. The molecule has 1 aliphatic heterocycles. The van der Waals surface area contributed by atoms with Gasteiger partial charge < -0.3 is 9.47 Å². The number of hydrogen-bond acceptors (Lipinski definition) is 4. The van der Waals surface area contributed by atoms with Crippen molar-refractivity contribution in [3.63, 3.8) is 0 Å². The van der Waals surface area contributed by atoms with Crippen molar-refractivity contribution in [2.45, 2.75) is 13.5 Å². The van der Waals surface area contributed by atoms with Crippen molar-refractivity contribution in [1.29, 1.82) is 0 Å². The molecule has 0 saturated carbocycles. The van der Waals surface area contributed by atoms with E-state index in [2.05, 4.69) is 26.9 Å². The lowest BCUT2D eigenvalue weighted by Crippen LogP contribution is -2.47. The van der Waals surface area contributed by atoms with Gasteiger partial charge in [-0.05, 0) is 43.3 Å². The van der Waals surface area contributed by atoms with Crippen LogP contribution >= 0.6 is 11.6 Å². The maximum atomic E-state index is 12.6. The zero-order valence-electron chi connectivity index (χ0n) is 15.4. The normalized spacial score (nSPS) is 15.4. The molecule has 4 rings (SSSR count). The summed E-state index contributed by atoms with van der Waals surface area (Å²) in [6.07, 6.45) is 0. The monoisotopic (exact) mass is 382 g/mol. The van der Waals surface area contributed by atoms with Crippen LogP contribution < -0.4 is 10.5 Å². The van der Waals surface area contributed by atoms with Crippen molar-refractivity contribution in [3.8, 4) is 0 Å². The molecular weight excluding hydrogens is 360 g/mol. The fourth-order valence-electron chi connectivity index (χ4n) is 3.67. The number of para-hydroxylation sites is 2. The van der Waals surface area contributed by atoms with Gasteiger partial charge in [0.25, 0.3) is 5.56 Å². The highest BCUT2D eigenvalue weighted by Gasteiger charge is 2.17. The Bertz CT molecular complexity index is 991. The van der Waals surface area contributed by atoms with Crippen molar-refractivity contribution < 1.29 is 0 Å². The van der Waals surface area contributed by atoms with Crippen LogP contribution in [0.4, 0.5) is 5.69 Å². The van der Waals surface area contributed by atoms with Gasteiger partial charge in [-0.2, -0.15) is 0 Å². The van der Waals surface area contributed by atoms with Gasteiger partial charge in [0.2, 0.25) is 0 Å². The molecule has 0 spiro atoms. The number of aryl methyl sites for hydroxylation is 1. The van der Waals surface area contributed by atoms with E-state index < -0.39 is 0 Å². The maximum Gasteiger partial charge on any atom is 0.272 e. The van der Waals surface area contributed by atoms with Crippen molar-refractivity contribution in [3.05, 3.63) is 69.6 Å². The summed E-state index contributed by atoms with van der Waals surface area (Å²) in [6, 6.07) is 15.9. The third kappa shape index (κ3) is 3.84. The highest BCUT2D eigenvalue weighted by Crippen LogP contribution is 2.19. The van der Waals surface area contributed by atoms with Gasteiger partial charge >= 0.3 is 0 Å². The lowest BCUT2D eigenvalue weighted by atomic mass is 10.2. The average Bonchev–Trinajstić information content (AvgIpc) is 2.69. The minimum atomic E-state index is 0.00787. The molecule has 1 aromatic heterocycles. The molecule has 1 aliphatic rings. The highest BCUT2D eigenvalue weighted by atomic mass is 35.5. The standard InChI is InChI=1S/C21H23ClN4O/c1-16-21(27)26(20-5-3-2-4-19(20)23-16)15-12-24-10-13-25(14-11-24)18-8-6-17(22)7-9-18/h2-9H,10-15H2,1H3. The van der Waals surface area contributed by atoms with E-state index >= 15 is 0 Å². The lowest BCUT2D eigenvalue weighted by molar-refractivity contribution is 0.248. The van der Waals surface area contributed by atoms with Gasteiger partial charge in [-0.3, -0.25) is 9.69 Å². The van der Waals surface area contributed by atoms with Crippen molar-refractivity contribution in [2.75, 3.05) is 37.6 Å². The Morgan fingerprint density at radius 1 is 0.963 bits per heavy atom. The predicted octanol–water partition coefficient (Wildman–Crippen LogP) is 3.18. The van der Waals surface area contributed by atoms with Gasteiger partial charge in [0, 0.05) is 50.0 Å². The van der Waals surface area contributed by atoms with Crippen LogP contribution in [0.1, 0.15) is 5.69 Å². The van der Waals surface area contributed by atoms with Crippen molar-refractivity contribution in [1.82, 2.24) is 14.5 Å². The zero-order chi connectivity index (χ0) is 18.8. The molecule has 0 N–H and O–H groups in total. The van der Waals surface area contributed by atoms with Crippen LogP contribution in [-0.2, 0) is 6.54 Å². The molecule has 27 heavy (non-hydrogen) atoms. The fourth-order valence-corrected chi connectivity index (χ4v) is 3.79. The number of benzene rings is 2. The molecule has 0 radical (unpaired) electrons. The molecule has 2 heterocycles. The van der Waals surface area contributed by atoms with Crippen LogP contribution in [0.15, 0.2) is 53.3 Å². The summed E-state index contributed by atoms with van der Waals surface area (Å²) in [7, 11) is 0. The minimum Gasteiger partial charge on any atom is -0.369 e. The number of fused-ring (bicyclic) bond motifs is 1. The summed E-state index contributed by atoms with van der Waals surface area (Å²) >= 11 is 5.98. The van der Waals surface area contributed by atoms with Gasteiger partial charge in [-0.1, -0.05) is 23.7 Å². The number of hydrogen-bond donors (Lipinski definition) is 0. The molecule has 0 unspecified atom stereocenters. The van der Waals surface area contributed by atoms with E-state index in [1.807, 2.05) is 41.0 Å². The Balaban J connectivity index is 1.42. The summed E-state index contributed by atoms with van der Waals surface area (Å²) in [6.45, 7) is 7.26. The Labute approximate surface area is 163 Å². The van der Waals surface area contributed by atoms with Gasteiger partial charge in [-0.15, -0.1) is 0 Å². The largest absolute Gasteiger partial charge is 0.369 e. The molecule has 0 aliphatic carbocycles. The molecule has 3 aromatic rings. The second-order valence-corrected chi connectivity index (χ2v) is 7.38. The van der Waals surface area contributed by atoms with E-state index in [9.17, 15) is 4.79 Å². The summed E-state index contributed by atoms with van der Waals surface area (Å²) in [5.41, 5.74) is 3.57. The van der Waals surface area contributed by atoms with Crippen molar-refractivity contribution >= 4 is 28.3 Å². The molecule has 0 atom stereocenters. The summed E-state index contributed by atoms with van der Waals surface area (Å²) < 4.78 is 1.86. The highest BCUT2D eigenvalue weighted by molar-refractivity contribution is 6.30. The van der Waals surface area contributed by atoms with Crippen LogP contribution in [0.25, 0.3) is 11.0 Å². The topological polar surface area (TPSA) is 41.4 Å². The smallest absolute Gasteiger partial charge is 0.272 e. The van der Waals surface area contributed by atoms with Gasteiger partial charge in [-0.25, -0.2) is 4.98 Å². The number of aromatic nitrogens is 2. The first kappa shape index (κ1) is 18.0. The number of nitrogens with zero attached hydrogens (tertiary/aromatic N) is 4. The Kier molecular flexibility index (Phi) is 5.14. The molecular formula is C21H23ClN4O. The number of halogens is 1. The van der Waals surface area contributed by atoms with E-state index in [1.165, 1.54) is 5.69 Å². The molecule has 0 amide bonds. The number of anilines is 1. The van der Waals surface area contributed by atoms with Crippen LogP contribution in [0.5, 0.6) is 0 Å². The third-order valence-corrected chi connectivity index (χ3v) is 5.47. The third-order valence-electron chi connectivity index (χ3n) is 5.22. The maximum absolute atomic E-state index is 12.6.